The molecule has 1 heterocycles. The molecule has 1 aromatic heterocycles. The molecule has 0 fully saturated rings. The number of rotatable bonds is 3. The molecule has 0 spiro atoms. The lowest BCUT2D eigenvalue weighted by molar-refractivity contribution is 0.0965. The summed E-state index contributed by atoms with van der Waals surface area (Å²) in [5.41, 5.74) is 2.42. The second-order valence-electron chi connectivity index (χ2n) is 4.49. The lowest BCUT2D eigenvalue weighted by atomic mass is 10.0. The van der Waals surface area contributed by atoms with Gasteiger partial charge in [-0.1, -0.05) is 12.1 Å². The first kappa shape index (κ1) is 15.1. The highest BCUT2D eigenvalue weighted by molar-refractivity contribution is 9.13. The van der Waals surface area contributed by atoms with Crippen molar-refractivity contribution in [3.05, 3.63) is 60.4 Å². The van der Waals surface area contributed by atoms with Gasteiger partial charge in [-0.3, -0.25) is 9.59 Å². The molecule has 0 aliphatic carbocycles. The summed E-state index contributed by atoms with van der Waals surface area (Å²) in [5.74, 6) is -0.142. The summed E-state index contributed by atoms with van der Waals surface area (Å²) in [6.45, 7) is 3.86. The molecule has 0 aliphatic heterocycles. The molecule has 1 aromatic carbocycles. The van der Waals surface area contributed by atoms with Crippen molar-refractivity contribution in [1.29, 1.82) is 0 Å². The van der Waals surface area contributed by atoms with Crippen molar-refractivity contribution in [2.75, 3.05) is 0 Å². The molecule has 0 atom stereocenters. The van der Waals surface area contributed by atoms with Crippen LogP contribution >= 0.6 is 31.9 Å². The van der Waals surface area contributed by atoms with Crippen molar-refractivity contribution in [2.24, 2.45) is 0 Å². The minimum atomic E-state index is -0.337. The first-order valence-electron chi connectivity index (χ1n) is 5.91. The molecule has 0 saturated carbocycles. The summed E-state index contributed by atoms with van der Waals surface area (Å²) in [6, 6.07) is 5.50. The smallest absolute Gasteiger partial charge is 0.282 e. The largest absolute Gasteiger partial charge is 0.292 e. The molecule has 4 nitrogen and oxygen atoms in total. The van der Waals surface area contributed by atoms with Gasteiger partial charge >= 0.3 is 0 Å². The van der Waals surface area contributed by atoms with Crippen LogP contribution in [0.5, 0.6) is 0 Å². The van der Waals surface area contributed by atoms with Crippen LogP contribution in [0.3, 0.4) is 0 Å². The Labute approximate surface area is 133 Å². The number of halogens is 2. The van der Waals surface area contributed by atoms with Crippen molar-refractivity contribution in [3.63, 3.8) is 0 Å². The third-order valence-electron chi connectivity index (χ3n) is 3.06. The van der Waals surface area contributed by atoms with Gasteiger partial charge in [0, 0.05) is 5.56 Å². The molecule has 0 saturated heterocycles. The highest BCUT2D eigenvalue weighted by Gasteiger charge is 2.12. The molecule has 0 bridgehead atoms. The Bertz CT molecular complexity index is 738. The Kier molecular flexibility index (Phi) is 4.55. The second-order valence-corrected chi connectivity index (χ2v) is 6.14. The maximum Gasteiger partial charge on any atom is 0.282 e. The van der Waals surface area contributed by atoms with Gasteiger partial charge in [-0.2, -0.15) is 5.10 Å². The highest BCUT2D eigenvalue weighted by atomic mass is 79.9. The van der Waals surface area contributed by atoms with E-state index >= 15 is 0 Å². The molecule has 2 rings (SSSR count). The number of benzene rings is 1. The van der Waals surface area contributed by atoms with Gasteiger partial charge in [0.2, 0.25) is 0 Å². The quantitative estimate of drug-likeness (QED) is 0.744. The lowest BCUT2D eigenvalue weighted by Crippen LogP contribution is -2.27. The molecule has 0 aliphatic rings. The molecule has 2 aromatic rings. The van der Waals surface area contributed by atoms with Crippen LogP contribution in [0, 0.1) is 13.8 Å². The van der Waals surface area contributed by atoms with Gasteiger partial charge in [0.15, 0.2) is 5.78 Å². The van der Waals surface area contributed by atoms with E-state index in [1.54, 1.807) is 6.07 Å². The van der Waals surface area contributed by atoms with Crippen LogP contribution < -0.4 is 5.56 Å². The number of aryl methyl sites for hydroxylation is 2. The average molecular weight is 400 g/mol. The predicted molar refractivity (Wildman–Crippen MR) is 84.1 cm³/mol. The fourth-order valence-corrected chi connectivity index (χ4v) is 2.27. The standard InChI is InChI=1S/C14H12Br2N2O2/c1-8-3-4-10(5-9(8)2)12(19)7-18-14(20)13(16)11(15)6-17-18/h3-6H,7H2,1-2H3. The van der Waals surface area contributed by atoms with Gasteiger partial charge in [0.25, 0.3) is 5.56 Å². The number of nitrogens with zero attached hydrogens (tertiary/aromatic N) is 2. The summed E-state index contributed by atoms with van der Waals surface area (Å²) >= 11 is 6.37. The van der Waals surface area contributed by atoms with Crippen LogP contribution in [0.4, 0.5) is 0 Å². The Morgan fingerprint density at radius 1 is 1.25 bits per heavy atom. The lowest BCUT2D eigenvalue weighted by Gasteiger charge is -2.07. The first-order chi connectivity index (χ1) is 9.40. The Morgan fingerprint density at radius 3 is 2.60 bits per heavy atom. The summed E-state index contributed by atoms with van der Waals surface area (Å²) in [4.78, 5) is 24.1. The van der Waals surface area contributed by atoms with Gasteiger partial charge in [0.1, 0.15) is 11.0 Å². The van der Waals surface area contributed by atoms with Crippen LogP contribution in [-0.2, 0) is 6.54 Å². The number of hydrogen-bond acceptors (Lipinski definition) is 3. The zero-order valence-corrected chi connectivity index (χ0v) is 14.2. The number of ketones is 1. The van der Waals surface area contributed by atoms with E-state index in [9.17, 15) is 9.59 Å². The monoisotopic (exact) mass is 398 g/mol. The molecule has 6 heteroatoms. The van der Waals surface area contributed by atoms with Crippen molar-refractivity contribution in [1.82, 2.24) is 9.78 Å². The third kappa shape index (κ3) is 3.07. The predicted octanol–water partition coefficient (Wildman–Crippen LogP) is 3.27. The van der Waals surface area contributed by atoms with Gasteiger partial charge in [0.05, 0.1) is 10.7 Å². The van der Waals surface area contributed by atoms with Crippen LogP contribution in [-0.4, -0.2) is 15.6 Å². The van der Waals surface area contributed by atoms with E-state index in [0.29, 0.717) is 14.5 Å². The Hall–Kier alpha value is -1.27. The molecular formula is C14H12Br2N2O2. The van der Waals surface area contributed by atoms with Gasteiger partial charge in [-0.25, -0.2) is 4.68 Å². The number of carbonyl (C=O) groups excluding carboxylic acids is 1. The van der Waals surface area contributed by atoms with Crippen LogP contribution in [0.1, 0.15) is 21.5 Å². The third-order valence-corrected chi connectivity index (χ3v) is 4.96. The van der Waals surface area contributed by atoms with Gasteiger partial charge < -0.3 is 0 Å². The zero-order valence-electron chi connectivity index (χ0n) is 11.0. The maximum absolute atomic E-state index is 12.2. The van der Waals surface area contributed by atoms with E-state index in [2.05, 4.69) is 37.0 Å². The van der Waals surface area contributed by atoms with Crippen molar-refractivity contribution in [2.45, 2.75) is 20.4 Å². The van der Waals surface area contributed by atoms with Crippen LogP contribution in [0.2, 0.25) is 0 Å². The fraction of sp³-hybridized carbons (Fsp3) is 0.214. The molecule has 104 valence electrons. The van der Waals surface area contributed by atoms with E-state index in [1.807, 2.05) is 26.0 Å². The molecule has 0 radical (unpaired) electrons. The fourth-order valence-electron chi connectivity index (χ4n) is 1.70. The zero-order chi connectivity index (χ0) is 14.9. The minimum Gasteiger partial charge on any atom is -0.292 e. The molecule has 20 heavy (non-hydrogen) atoms. The van der Waals surface area contributed by atoms with E-state index in [4.69, 9.17) is 0 Å². The summed E-state index contributed by atoms with van der Waals surface area (Å²) < 4.78 is 2.07. The number of aromatic nitrogens is 2. The topological polar surface area (TPSA) is 52.0 Å². The van der Waals surface area contributed by atoms with E-state index in [-0.39, 0.29) is 17.9 Å². The normalized spacial score (nSPS) is 10.6. The minimum absolute atomic E-state index is 0.0762. The average Bonchev–Trinajstić information content (AvgIpc) is 2.42. The van der Waals surface area contributed by atoms with E-state index in [1.165, 1.54) is 6.20 Å². The Morgan fingerprint density at radius 2 is 1.95 bits per heavy atom. The van der Waals surface area contributed by atoms with Crippen LogP contribution in [0.25, 0.3) is 0 Å². The van der Waals surface area contributed by atoms with Crippen molar-refractivity contribution < 1.29 is 4.79 Å². The Balaban J connectivity index is 2.30. The molecular weight excluding hydrogens is 388 g/mol. The molecule has 0 N–H and O–H groups in total. The van der Waals surface area contributed by atoms with E-state index in [0.717, 1.165) is 15.8 Å². The number of Topliss-reactive ketones (excluding diaryl/α,β-unsaturated/α-hetero) is 1. The summed E-state index contributed by atoms with van der Waals surface area (Å²) in [6.07, 6.45) is 1.49. The molecule has 0 amide bonds. The first-order valence-corrected chi connectivity index (χ1v) is 7.50. The SMILES string of the molecule is Cc1ccc(C(=O)Cn2ncc(Br)c(Br)c2=O)cc1C. The second kappa shape index (κ2) is 6.01. The van der Waals surface area contributed by atoms with E-state index < -0.39 is 0 Å². The number of hydrogen-bond donors (Lipinski definition) is 0. The van der Waals surface area contributed by atoms with Gasteiger partial charge in [-0.05, 0) is 62.9 Å². The number of carbonyl (C=O) groups is 1. The van der Waals surface area contributed by atoms with Gasteiger partial charge in [-0.15, -0.1) is 0 Å². The molecule has 0 unspecified atom stereocenters. The summed E-state index contributed by atoms with van der Waals surface area (Å²) in [5, 5.41) is 3.95. The maximum atomic E-state index is 12.2. The summed E-state index contributed by atoms with van der Waals surface area (Å²) in [7, 11) is 0. The van der Waals surface area contributed by atoms with Crippen molar-refractivity contribution in [3.8, 4) is 0 Å². The van der Waals surface area contributed by atoms with Crippen molar-refractivity contribution >= 4 is 37.6 Å². The highest BCUT2D eigenvalue weighted by Crippen LogP contribution is 2.16. The van der Waals surface area contributed by atoms with Crippen LogP contribution in [0.15, 0.2) is 38.1 Å².